The summed E-state index contributed by atoms with van der Waals surface area (Å²) < 4.78 is 4.69. The second-order valence-electron chi connectivity index (χ2n) is 1.86. The normalized spacial score (nSPS) is 9.50. The number of anilines is 1. The molecule has 0 bridgehead atoms. The summed E-state index contributed by atoms with van der Waals surface area (Å²) in [7, 11) is 1.24. The minimum atomic E-state index is -1.23. The zero-order valence-electron chi connectivity index (χ0n) is 6.88. The lowest BCUT2D eigenvalue weighted by Crippen LogP contribution is -2.06. The number of amides is 1. The van der Waals surface area contributed by atoms with Crippen molar-refractivity contribution in [2.24, 2.45) is 0 Å². The van der Waals surface area contributed by atoms with E-state index in [1.165, 1.54) is 7.11 Å². The van der Waals surface area contributed by atoms with Crippen molar-refractivity contribution >= 4 is 39.6 Å². The lowest BCUT2D eigenvalue weighted by Gasteiger charge is -1.91. The van der Waals surface area contributed by atoms with Crippen molar-refractivity contribution in [1.29, 1.82) is 0 Å². The first kappa shape index (κ1) is 10.7. The maximum Gasteiger partial charge on any atom is 0.411 e. The molecule has 0 radical (unpaired) electrons. The van der Waals surface area contributed by atoms with E-state index in [2.05, 4.69) is 14.9 Å². The lowest BCUT2D eigenvalue weighted by molar-refractivity contribution is 0.200. The highest BCUT2D eigenvalue weighted by atomic mass is 32.2. The van der Waals surface area contributed by atoms with Gasteiger partial charge in [0, 0.05) is 11.8 Å². The molecule has 0 aliphatic carbocycles. The predicted octanol–water partition coefficient (Wildman–Crippen LogP) is 1.49. The van der Waals surface area contributed by atoms with Gasteiger partial charge in [-0.2, -0.15) is 0 Å². The minimum Gasteiger partial charge on any atom is -0.465 e. The third-order valence-corrected chi connectivity index (χ3v) is 2.68. The quantitative estimate of drug-likeness (QED) is 0.454. The average Bonchev–Trinajstić information content (AvgIpc) is 2.51. The van der Waals surface area contributed by atoms with Gasteiger partial charge in [0.25, 0.3) is 0 Å². The van der Waals surface area contributed by atoms with Gasteiger partial charge in [0.2, 0.25) is 5.13 Å². The number of nitrogens with one attached hydrogen (secondary N) is 1. The number of thioether (sulfide) groups is 1. The van der Waals surface area contributed by atoms with Crippen molar-refractivity contribution in [3.05, 3.63) is 0 Å². The zero-order valence-corrected chi connectivity index (χ0v) is 8.52. The molecular formula is C5H5N3O4S2. The highest BCUT2D eigenvalue weighted by molar-refractivity contribution is 8.14. The highest BCUT2D eigenvalue weighted by Gasteiger charge is 2.11. The summed E-state index contributed by atoms with van der Waals surface area (Å²) >= 11 is 1.70. The fourth-order valence-electron chi connectivity index (χ4n) is 0.506. The van der Waals surface area contributed by atoms with E-state index in [9.17, 15) is 9.59 Å². The molecule has 0 aliphatic heterocycles. The number of nitrogens with zero attached hydrogens (tertiary/aromatic N) is 2. The molecule has 0 unspecified atom stereocenters. The van der Waals surface area contributed by atoms with Gasteiger partial charge < -0.3 is 9.84 Å². The number of methoxy groups -OCH3 is 1. The molecule has 9 heteroatoms. The van der Waals surface area contributed by atoms with Crippen LogP contribution in [0.2, 0.25) is 0 Å². The molecule has 14 heavy (non-hydrogen) atoms. The van der Waals surface area contributed by atoms with Gasteiger partial charge in [-0.15, -0.1) is 10.2 Å². The summed E-state index contributed by atoms with van der Waals surface area (Å²) in [6.07, 6.45) is -1.23. The van der Waals surface area contributed by atoms with Crippen molar-refractivity contribution in [2.75, 3.05) is 12.4 Å². The Morgan fingerprint density at radius 3 is 2.86 bits per heavy atom. The minimum absolute atomic E-state index is 0.115. The van der Waals surface area contributed by atoms with Crippen molar-refractivity contribution in [1.82, 2.24) is 10.2 Å². The lowest BCUT2D eigenvalue weighted by atomic mass is 11.0. The Balaban J connectivity index is 2.59. The number of hydrogen-bond donors (Lipinski definition) is 2. The van der Waals surface area contributed by atoms with Crippen molar-refractivity contribution in [3.63, 3.8) is 0 Å². The molecular weight excluding hydrogens is 230 g/mol. The summed E-state index contributed by atoms with van der Waals surface area (Å²) in [6, 6.07) is 0. The fraction of sp³-hybridized carbons (Fsp3) is 0.200. The van der Waals surface area contributed by atoms with Gasteiger partial charge >= 0.3 is 11.4 Å². The van der Waals surface area contributed by atoms with E-state index in [4.69, 9.17) is 5.11 Å². The molecule has 1 heterocycles. The number of hydrogen-bond acceptors (Lipinski definition) is 7. The Labute approximate surface area is 86.5 Å². The van der Waals surface area contributed by atoms with Crippen LogP contribution in [-0.4, -0.2) is 33.8 Å². The number of carbonyl (C=O) groups is 2. The van der Waals surface area contributed by atoms with Gasteiger partial charge in [0.05, 0.1) is 7.11 Å². The third-order valence-electron chi connectivity index (χ3n) is 0.958. The number of carboxylic acid groups (broad SMARTS) is 1. The molecule has 0 atom stereocenters. The SMILES string of the molecule is COC(=O)Sc1nnc(NC(=O)O)s1. The Bertz CT molecular complexity index is 353. The average molecular weight is 235 g/mol. The second kappa shape index (κ2) is 4.77. The van der Waals surface area contributed by atoms with Gasteiger partial charge in [0.1, 0.15) is 0 Å². The van der Waals surface area contributed by atoms with Gasteiger partial charge in [0.15, 0.2) is 4.34 Å². The first-order valence-corrected chi connectivity index (χ1v) is 4.84. The van der Waals surface area contributed by atoms with E-state index in [0.717, 1.165) is 23.1 Å². The zero-order chi connectivity index (χ0) is 10.6. The molecule has 7 nitrogen and oxygen atoms in total. The molecule has 1 aromatic heterocycles. The van der Waals surface area contributed by atoms with Crippen LogP contribution < -0.4 is 5.32 Å². The molecule has 0 saturated heterocycles. The van der Waals surface area contributed by atoms with Crippen LogP contribution in [0.1, 0.15) is 0 Å². The summed E-state index contributed by atoms with van der Waals surface area (Å²) in [5.74, 6) is 0. The van der Waals surface area contributed by atoms with Crippen LogP contribution in [0.5, 0.6) is 0 Å². The Morgan fingerprint density at radius 2 is 2.29 bits per heavy atom. The van der Waals surface area contributed by atoms with Crippen LogP contribution in [0.25, 0.3) is 0 Å². The molecule has 0 aromatic carbocycles. The maximum atomic E-state index is 10.8. The summed E-state index contributed by atoms with van der Waals surface area (Å²) in [4.78, 5) is 20.9. The topological polar surface area (TPSA) is 101 Å². The number of ether oxygens (including phenoxy) is 1. The number of carbonyl (C=O) groups excluding carboxylic acids is 1. The molecule has 1 amide bonds. The van der Waals surface area contributed by atoms with Gasteiger partial charge in [-0.25, -0.2) is 9.59 Å². The van der Waals surface area contributed by atoms with Crippen LogP contribution in [0.3, 0.4) is 0 Å². The van der Waals surface area contributed by atoms with Crippen molar-refractivity contribution in [2.45, 2.75) is 4.34 Å². The highest BCUT2D eigenvalue weighted by Crippen LogP contribution is 2.26. The first-order valence-electron chi connectivity index (χ1n) is 3.21. The van der Waals surface area contributed by atoms with Crippen LogP contribution in [0.4, 0.5) is 14.7 Å². The Morgan fingerprint density at radius 1 is 1.57 bits per heavy atom. The molecule has 0 saturated carbocycles. The van der Waals surface area contributed by atoms with E-state index < -0.39 is 11.4 Å². The fourth-order valence-corrected chi connectivity index (χ4v) is 1.89. The summed E-state index contributed by atoms with van der Waals surface area (Å²) in [5.41, 5.74) is 0. The first-order chi connectivity index (χ1) is 6.61. The third kappa shape index (κ3) is 3.18. The van der Waals surface area contributed by atoms with Gasteiger partial charge in [-0.3, -0.25) is 5.32 Å². The monoisotopic (exact) mass is 235 g/mol. The molecule has 1 aromatic rings. The number of aromatic nitrogens is 2. The predicted molar refractivity (Wildman–Crippen MR) is 49.8 cm³/mol. The van der Waals surface area contributed by atoms with E-state index in [0.29, 0.717) is 4.34 Å². The smallest absolute Gasteiger partial charge is 0.411 e. The molecule has 0 aliphatic rings. The molecule has 1 rings (SSSR count). The van der Waals surface area contributed by atoms with Crippen molar-refractivity contribution < 1.29 is 19.4 Å². The molecule has 2 N–H and O–H groups in total. The largest absolute Gasteiger partial charge is 0.465 e. The second-order valence-corrected chi connectivity index (χ2v) is 4.02. The molecule has 0 fully saturated rings. The van der Waals surface area contributed by atoms with Gasteiger partial charge in [-0.05, 0) is 0 Å². The Kier molecular flexibility index (Phi) is 3.65. The van der Waals surface area contributed by atoms with Gasteiger partial charge in [-0.1, -0.05) is 11.3 Å². The summed E-state index contributed by atoms with van der Waals surface area (Å²) in [5, 5.41) is 17.0. The maximum absolute atomic E-state index is 10.8. The van der Waals surface area contributed by atoms with Crippen LogP contribution in [0, 0.1) is 0 Å². The van der Waals surface area contributed by atoms with E-state index >= 15 is 0 Å². The molecule has 0 spiro atoms. The van der Waals surface area contributed by atoms with E-state index in [1.807, 2.05) is 5.32 Å². The van der Waals surface area contributed by atoms with Crippen molar-refractivity contribution in [3.8, 4) is 0 Å². The van der Waals surface area contributed by atoms with Crippen LogP contribution in [0.15, 0.2) is 4.34 Å². The summed E-state index contributed by atoms with van der Waals surface area (Å²) in [6.45, 7) is 0. The standard InChI is InChI=1S/C5H5N3O4S2/c1-12-5(11)14-4-8-7-2(13-4)6-3(9)10/h1H3,(H,6,7)(H,9,10). The van der Waals surface area contributed by atoms with Crippen LogP contribution >= 0.6 is 23.1 Å². The van der Waals surface area contributed by atoms with E-state index in [1.54, 1.807) is 0 Å². The van der Waals surface area contributed by atoms with E-state index in [-0.39, 0.29) is 5.13 Å². The Hall–Kier alpha value is -1.35. The number of rotatable bonds is 2. The van der Waals surface area contributed by atoms with Crippen LogP contribution in [-0.2, 0) is 4.74 Å². The molecule has 76 valence electrons.